The van der Waals surface area contributed by atoms with Crippen molar-refractivity contribution >= 4 is 21.6 Å². The fraction of sp³-hybridized carbons (Fsp3) is 0.474. The van der Waals surface area contributed by atoms with E-state index in [1.54, 1.807) is 43.1 Å². The molecular weight excluding hydrogens is 414 g/mol. The summed E-state index contributed by atoms with van der Waals surface area (Å²) in [4.78, 5) is 1.92. The van der Waals surface area contributed by atoms with Gasteiger partial charge in [-0.2, -0.15) is 5.10 Å². The molecule has 0 bridgehead atoms. The summed E-state index contributed by atoms with van der Waals surface area (Å²) >= 11 is 6.24. The van der Waals surface area contributed by atoms with Crippen LogP contribution >= 0.6 is 11.6 Å². The summed E-state index contributed by atoms with van der Waals surface area (Å²) in [5.74, 6) is 0.348. The fourth-order valence-corrected chi connectivity index (χ4v) is 4.46. The van der Waals surface area contributed by atoms with E-state index in [4.69, 9.17) is 21.6 Å². The molecule has 1 N–H and O–H groups in total. The van der Waals surface area contributed by atoms with Crippen LogP contribution in [0.1, 0.15) is 49.6 Å². The van der Waals surface area contributed by atoms with Crippen LogP contribution in [0, 0.1) is 11.5 Å². The van der Waals surface area contributed by atoms with Crippen molar-refractivity contribution in [2.75, 3.05) is 14.1 Å². The van der Waals surface area contributed by atoms with E-state index in [1.807, 2.05) is 32.8 Å². The molecule has 0 saturated heterocycles. The number of nitriles is 1. The van der Waals surface area contributed by atoms with Gasteiger partial charge in [0, 0.05) is 41.9 Å². The van der Waals surface area contributed by atoms with Crippen LogP contribution in [0.5, 0.6) is 5.75 Å². The molecular formula is C19H26ClN5O3S. The lowest BCUT2D eigenvalue weighted by molar-refractivity contribution is 0.387. The summed E-state index contributed by atoms with van der Waals surface area (Å²) in [6, 6.07) is 4.16. The van der Waals surface area contributed by atoms with Gasteiger partial charge < -0.3 is 9.64 Å². The first kappa shape index (κ1) is 23.2. The van der Waals surface area contributed by atoms with Crippen LogP contribution in [0.4, 0.5) is 0 Å². The Kier molecular flexibility index (Phi) is 7.30. The number of hydrogen-bond donors (Lipinski definition) is 1. The van der Waals surface area contributed by atoms with Gasteiger partial charge in [0.15, 0.2) is 10.8 Å². The first-order chi connectivity index (χ1) is 13.5. The Bertz CT molecular complexity index is 1030. The van der Waals surface area contributed by atoms with Crippen LogP contribution in [0.15, 0.2) is 23.2 Å². The summed E-state index contributed by atoms with van der Waals surface area (Å²) in [5, 5.41) is 13.6. The Balaban J connectivity index is 2.41. The third-order valence-electron chi connectivity index (χ3n) is 4.39. The molecule has 10 heteroatoms. The standard InChI is InChI=1S/C19H26ClN5O3S/c1-12(2)16-7-14(20)8-17(19(16)28-11-21)13(3)23-29(26,27)18-9-15(10-24(4)5)25(6)22-18/h7-9,12-13,23H,10H2,1-6H3. The zero-order valence-corrected chi connectivity index (χ0v) is 19.0. The van der Waals surface area contributed by atoms with Gasteiger partial charge in [0.1, 0.15) is 0 Å². The zero-order chi connectivity index (χ0) is 21.9. The molecule has 1 aromatic carbocycles. The number of aryl methyl sites for hydroxylation is 1. The van der Waals surface area contributed by atoms with Crippen molar-refractivity contribution in [1.29, 1.82) is 5.26 Å². The van der Waals surface area contributed by atoms with Crippen molar-refractivity contribution in [3.8, 4) is 12.0 Å². The normalized spacial score (nSPS) is 13.0. The number of nitrogens with zero attached hydrogens (tertiary/aromatic N) is 4. The average molecular weight is 440 g/mol. The monoisotopic (exact) mass is 439 g/mol. The Morgan fingerprint density at radius 2 is 1.90 bits per heavy atom. The van der Waals surface area contributed by atoms with E-state index < -0.39 is 16.1 Å². The SMILES string of the molecule is CC(C)c1cc(Cl)cc(C(C)NS(=O)(=O)c2cc(CN(C)C)n(C)n2)c1OC#N. The molecule has 2 aromatic rings. The third-order valence-corrected chi connectivity index (χ3v) is 6.02. The van der Waals surface area contributed by atoms with Crippen molar-refractivity contribution < 1.29 is 13.2 Å². The number of nitrogens with one attached hydrogen (secondary N) is 1. The Morgan fingerprint density at radius 3 is 2.45 bits per heavy atom. The van der Waals surface area contributed by atoms with Gasteiger partial charge in [-0.05, 0) is 39.1 Å². The maximum atomic E-state index is 12.9. The number of aromatic nitrogens is 2. The maximum absolute atomic E-state index is 12.9. The highest BCUT2D eigenvalue weighted by Crippen LogP contribution is 2.37. The topological polar surface area (TPSA) is 100 Å². The van der Waals surface area contributed by atoms with E-state index in [-0.39, 0.29) is 10.9 Å². The van der Waals surface area contributed by atoms with Gasteiger partial charge in [0.2, 0.25) is 0 Å². The molecule has 0 aliphatic carbocycles. The van der Waals surface area contributed by atoms with E-state index in [9.17, 15) is 8.42 Å². The second kappa shape index (κ2) is 9.13. The van der Waals surface area contributed by atoms with Gasteiger partial charge in [0.25, 0.3) is 16.3 Å². The van der Waals surface area contributed by atoms with Gasteiger partial charge in [-0.25, -0.2) is 13.1 Å². The number of ether oxygens (including phenoxy) is 1. The van der Waals surface area contributed by atoms with Crippen molar-refractivity contribution in [2.24, 2.45) is 7.05 Å². The van der Waals surface area contributed by atoms with Crippen molar-refractivity contribution in [2.45, 2.75) is 44.3 Å². The van der Waals surface area contributed by atoms with Crippen molar-refractivity contribution in [3.63, 3.8) is 0 Å². The predicted octanol–water partition coefficient (Wildman–Crippen LogP) is 3.16. The molecule has 1 aromatic heterocycles. The molecule has 0 aliphatic rings. The average Bonchev–Trinajstić information content (AvgIpc) is 2.96. The van der Waals surface area contributed by atoms with Gasteiger partial charge in [0.05, 0.1) is 5.69 Å². The predicted molar refractivity (Wildman–Crippen MR) is 111 cm³/mol. The van der Waals surface area contributed by atoms with Crippen molar-refractivity contribution in [1.82, 2.24) is 19.4 Å². The second-order valence-corrected chi connectivity index (χ2v) is 9.54. The molecule has 1 atom stereocenters. The smallest absolute Gasteiger partial charge is 0.292 e. The number of sulfonamides is 1. The lowest BCUT2D eigenvalue weighted by atomic mass is 9.96. The Morgan fingerprint density at radius 1 is 1.28 bits per heavy atom. The molecule has 0 saturated carbocycles. The first-order valence-electron chi connectivity index (χ1n) is 9.05. The maximum Gasteiger partial charge on any atom is 0.292 e. The van der Waals surface area contributed by atoms with Crippen LogP contribution in [-0.2, 0) is 23.6 Å². The lowest BCUT2D eigenvalue weighted by Gasteiger charge is -2.20. The van der Waals surface area contributed by atoms with Gasteiger partial charge in [-0.15, -0.1) is 5.26 Å². The van der Waals surface area contributed by atoms with E-state index >= 15 is 0 Å². The number of halogens is 1. The molecule has 0 spiro atoms. The Labute approximate surface area is 177 Å². The largest absolute Gasteiger partial charge is 0.387 e. The molecule has 0 fully saturated rings. The summed E-state index contributed by atoms with van der Waals surface area (Å²) < 4.78 is 35.1. The first-order valence-corrected chi connectivity index (χ1v) is 10.9. The molecule has 2 rings (SSSR count). The van der Waals surface area contributed by atoms with Crippen molar-refractivity contribution in [3.05, 3.63) is 40.0 Å². The van der Waals surface area contributed by atoms with E-state index in [0.717, 1.165) is 11.3 Å². The lowest BCUT2D eigenvalue weighted by Crippen LogP contribution is -2.28. The summed E-state index contributed by atoms with van der Waals surface area (Å²) in [6.45, 7) is 6.10. The molecule has 8 nitrogen and oxygen atoms in total. The summed E-state index contributed by atoms with van der Waals surface area (Å²) in [7, 11) is 1.58. The van der Waals surface area contributed by atoms with E-state index in [2.05, 4.69) is 9.82 Å². The molecule has 0 aliphatic heterocycles. The Hall–Kier alpha value is -2.12. The minimum Gasteiger partial charge on any atom is -0.387 e. The van der Waals surface area contributed by atoms with Gasteiger partial charge in [-0.3, -0.25) is 4.68 Å². The van der Waals surface area contributed by atoms with Crippen LogP contribution in [0.25, 0.3) is 0 Å². The minimum atomic E-state index is -3.90. The second-order valence-electron chi connectivity index (χ2n) is 7.44. The van der Waals surface area contributed by atoms with Crippen LogP contribution in [0.2, 0.25) is 5.02 Å². The highest BCUT2D eigenvalue weighted by atomic mass is 35.5. The number of benzene rings is 1. The molecule has 1 unspecified atom stereocenters. The number of rotatable bonds is 8. The quantitative estimate of drug-likeness (QED) is 0.634. The molecule has 1 heterocycles. The fourth-order valence-electron chi connectivity index (χ4n) is 2.99. The van der Waals surface area contributed by atoms with E-state index in [1.165, 1.54) is 0 Å². The molecule has 158 valence electrons. The third kappa shape index (κ3) is 5.48. The highest BCUT2D eigenvalue weighted by molar-refractivity contribution is 7.89. The van der Waals surface area contributed by atoms with E-state index in [0.29, 0.717) is 22.9 Å². The molecule has 0 amide bonds. The number of hydrogen-bond acceptors (Lipinski definition) is 6. The van der Waals surface area contributed by atoms with Gasteiger partial charge >= 0.3 is 0 Å². The van der Waals surface area contributed by atoms with Crippen LogP contribution in [-0.4, -0.2) is 37.2 Å². The highest BCUT2D eigenvalue weighted by Gasteiger charge is 2.26. The summed E-state index contributed by atoms with van der Waals surface area (Å²) in [5.41, 5.74) is 1.98. The zero-order valence-electron chi connectivity index (χ0n) is 17.4. The van der Waals surface area contributed by atoms with Gasteiger partial charge in [-0.1, -0.05) is 25.4 Å². The minimum absolute atomic E-state index is 0.0315. The molecule has 29 heavy (non-hydrogen) atoms. The summed E-state index contributed by atoms with van der Waals surface area (Å²) in [6.07, 6.45) is 1.68. The molecule has 0 radical (unpaired) electrons. The van der Waals surface area contributed by atoms with Crippen LogP contribution in [0.3, 0.4) is 0 Å². The van der Waals surface area contributed by atoms with Crippen LogP contribution < -0.4 is 9.46 Å².